The van der Waals surface area contributed by atoms with Gasteiger partial charge in [-0.1, -0.05) is 44.4 Å². The zero-order valence-corrected chi connectivity index (χ0v) is 27.7. The first-order chi connectivity index (χ1) is 21.8. The molecule has 1 aromatic rings. The van der Waals surface area contributed by atoms with Crippen LogP contribution in [0.5, 0.6) is 5.75 Å². The highest BCUT2D eigenvalue weighted by molar-refractivity contribution is 5.72. The SMILES string of the molecule is CCOC(=O)C(CCCCCC/C=C/C[C@@H]1Cc2cc(OC)ccc2[C@H]2CC[C@]3(C)[C@@H](O)CC[C@H]3[C@H]12)CCCC(F)(F)C(F)(F)F. The number of methoxy groups -OCH3 is 1. The van der Waals surface area contributed by atoms with E-state index in [1.807, 2.05) is 0 Å². The predicted molar refractivity (Wildman–Crippen MR) is 169 cm³/mol. The first-order valence-corrected chi connectivity index (χ1v) is 17.4. The molecule has 0 aliphatic heterocycles. The monoisotopic (exact) mass is 656 g/mol. The van der Waals surface area contributed by atoms with Gasteiger partial charge >= 0.3 is 18.1 Å². The maximum absolute atomic E-state index is 13.3. The van der Waals surface area contributed by atoms with Crippen LogP contribution in [0, 0.1) is 29.1 Å². The first kappa shape index (κ1) is 36.7. The minimum Gasteiger partial charge on any atom is -0.497 e. The fourth-order valence-electron chi connectivity index (χ4n) is 8.84. The van der Waals surface area contributed by atoms with Crippen molar-refractivity contribution in [1.82, 2.24) is 0 Å². The van der Waals surface area contributed by atoms with E-state index in [0.717, 1.165) is 70.0 Å². The molecule has 7 atom stereocenters. The lowest BCUT2D eigenvalue weighted by Gasteiger charge is -2.53. The molecule has 0 aromatic heterocycles. The van der Waals surface area contributed by atoms with Crippen molar-refractivity contribution in [1.29, 1.82) is 0 Å². The van der Waals surface area contributed by atoms with Gasteiger partial charge in [0.25, 0.3) is 0 Å². The summed E-state index contributed by atoms with van der Waals surface area (Å²) in [5.74, 6) is -2.87. The molecule has 2 fully saturated rings. The summed E-state index contributed by atoms with van der Waals surface area (Å²) in [7, 11) is 1.71. The van der Waals surface area contributed by atoms with Gasteiger partial charge in [0.05, 0.1) is 25.7 Å². The summed E-state index contributed by atoms with van der Waals surface area (Å²) < 4.78 is 74.7. The second-order valence-electron chi connectivity index (χ2n) is 14.2. The molecule has 3 aliphatic rings. The Kier molecular flexibility index (Phi) is 12.6. The van der Waals surface area contributed by atoms with E-state index in [-0.39, 0.29) is 31.0 Å². The molecule has 46 heavy (non-hydrogen) atoms. The molecule has 4 nitrogen and oxygen atoms in total. The number of fused-ring (bicyclic) bond motifs is 5. The van der Waals surface area contributed by atoms with Crippen molar-refractivity contribution >= 4 is 5.97 Å². The summed E-state index contributed by atoms with van der Waals surface area (Å²) >= 11 is 0. The maximum atomic E-state index is 13.3. The van der Waals surface area contributed by atoms with Crippen LogP contribution in [0.3, 0.4) is 0 Å². The van der Waals surface area contributed by atoms with Crippen LogP contribution in [0.15, 0.2) is 30.4 Å². The number of allylic oxidation sites excluding steroid dienone is 2. The van der Waals surface area contributed by atoms with Gasteiger partial charge in [0.1, 0.15) is 5.75 Å². The number of aliphatic hydroxyl groups is 1. The number of carbonyl (C=O) groups excluding carboxylic acids is 1. The van der Waals surface area contributed by atoms with Crippen molar-refractivity contribution in [3.63, 3.8) is 0 Å². The quantitative estimate of drug-likeness (QED) is 0.0833. The van der Waals surface area contributed by atoms with Gasteiger partial charge in [0.15, 0.2) is 0 Å². The zero-order chi connectivity index (χ0) is 33.5. The normalized spacial score (nSPS) is 28.4. The van der Waals surface area contributed by atoms with Gasteiger partial charge in [0, 0.05) is 6.42 Å². The number of alkyl halides is 5. The van der Waals surface area contributed by atoms with Crippen molar-refractivity contribution in [2.75, 3.05) is 13.7 Å². The molecule has 2 saturated carbocycles. The van der Waals surface area contributed by atoms with Crippen LogP contribution >= 0.6 is 0 Å². The van der Waals surface area contributed by atoms with Gasteiger partial charge in [-0.05, 0) is 130 Å². The van der Waals surface area contributed by atoms with E-state index >= 15 is 0 Å². The molecule has 4 rings (SSSR count). The number of benzene rings is 1. The summed E-state index contributed by atoms with van der Waals surface area (Å²) in [5, 5.41) is 10.9. The Bertz CT molecular complexity index is 1170. The minimum atomic E-state index is -5.57. The number of carbonyl (C=O) groups is 1. The number of unbranched alkanes of at least 4 members (excludes halogenated alkanes) is 4. The molecular formula is C37H53F5O4. The Morgan fingerprint density at radius 3 is 2.50 bits per heavy atom. The minimum absolute atomic E-state index is 0.00748. The van der Waals surface area contributed by atoms with Crippen LogP contribution in [0.4, 0.5) is 22.0 Å². The highest BCUT2D eigenvalue weighted by atomic mass is 19.4. The number of hydrogen-bond acceptors (Lipinski definition) is 4. The molecule has 0 amide bonds. The lowest BCUT2D eigenvalue weighted by Crippen LogP contribution is -2.47. The lowest BCUT2D eigenvalue weighted by molar-refractivity contribution is -0.284. The summed E-state index contributed by atoms with van der Waals surface area (Å²) in [6.07, 6.45) is 8.16. The Morgan fingerprint density at radius 1 is 1.04 bits per heavy atom. The van der Waals surface area contributed by atoms with E-state index < -0.39 is 30.4 Å². The zero-order valence-electron chi connectivity index (χ0n) is 27.7. The fourth-order valence-corrected chi connectivity index (χ4v) is 8.84. The van der Waals surface area contributed by atoms with Crippen LogP contribution in [0.25, 0.3) is 0 Å². The molecule has 0 radical (unpaired) electrons. The number of halogens is 5. The predicted octanol–water partition coefficient (Wildman–Crippen LogP) is 9.97. The lowest BCUT2D eigenvalue weighted by atomic mass is 9.52. The second kappa shape index (κ2) is 15.8. The molecule has 0 saturated heterocycles. The molecule has 9 heteroatoms. The van der Waals surface area contributed by atoms with Gasteiger partial charge in [-0.3, -0.25) is 4.79 Å². The van der Waals surface area contributed by atoms with Crippen LogP contribution in [-0.4, -0.2) is 43.0 Å². The highest BCUT2D eigenvalue weighted by Gasteiger charge is 2.57. The van der Waals surface area contributed by atoms with E-state index in [1.165, 1.54) is 11.1 Å². The van der Waals surface area contributed by atoms with Crippen molar-refractivity contribution in [2.24, 2.45) is 29.1 Å². The number of rotatable bonds is 16. The number of ether oxygens (including phenoxy) is 2. The van der Waals surface area contributed by atoms with E-state index in [1.54, 1.807) is 14.0 Å². The average molecular weight is 657 g/mol. The third-order valence-corrected chi connectivity index (χ3v) is 11.4. The number of aliphatic hydroxyl groups excluding tert-OH is 1. The molecule has 1 unspecified atom stereocenters. The van der Waals surface area contributed by atoms with E-state index in [4.69, 9.17) is 9.47 Å². The van der Waals surface area contributed by atoms with Gasteiger partial charge in [-0.2, -0.15) is 22.0 Å². The van der Waals surface area contributed by atoms with Crippen molar-refractivity contribution in [3.05, 3.63) is 41.5 Å². The van der Waals surface area contributed by atoms with Crippen LogP contribution in [-0.2, 0) is 16.0 Å². The second-order valence-corrected chi connectivity index (χ2v) is 14.2. The standard InChI is InChI=1S/C37H53F5O4/c1-4-46-34(44)25(15-12-21-36(38,39)37(40,41)42)13-10-8-6-5-7-9-11-14-26-23-27-24-28(45-3)16-17-29(27)30-20-22-35(2)31(33(26)30)18-19-32(35)43/h9,11,16-17,24-26,30-33,43H,4-8,10,12-15,18-23H2,1-3H3/b11-9+/t25?,26-,30-,31+,32+,33-,35+/m1/s1. The molecular weight excluding hydrogens is 603 g/mol. The molecule has 1 N–H and O–H groups in total. The largest absolute Gasteiger partial charge is 0.497 e. The Labute approximate surface area is 271 Å². The van der Waals surface area contributed by atoms with Crippen LogP contribution in [0.1, 0.15) is 121 Å². The molecule has 0 bridgehead atoms. The highest BCUT2D eigenvalue weighted by Crippen LogP contribution is 2.62. The molecule has 260 valence electrons. The third kappa shape index (κ3) is 8.46. The van der Waals surface area contributed by atoms with Crippen molar-refractivity contribution in [2.45, 2.75) is 134 Å². The first-order valence-electron chi connectivity index (χ1n) is 17.4. The molecule has 1 aromatic carbocycles. The Hall–Kier alpha value is -2.16. The van der Waals surface area contributed by atoms with E-state index in [9.17, 15) is 31.9 Å². The topological polar surface area (TPSA) is 55.8 Å². The third-order valence-electron chi connectivity index (χ3n) is 11.4. The van der Waals surface area contributed by atoms with E-state index in [0.29, 0.717) is 36.5 Å². The maximum Gasteiger partial charge on any atom is 0.453 e. The van der Waals surface area contributed by atoms with Crippen LogP contribution in [0.2, 0.25) is 0 Å². The summed E-state index contributed by atoms with van der Waals surface area (Å²) in [6, 6.07) is 6.57. The summed E-state index contributed by atoms with van der Waals surface area (Å²) in [6.45, 7) is 4.10. The average Bonchev–Trinajstić information content (AvgIpc) is 3.31. The van der Waals surface area contributed by atoms with Crippen molar-refractivity contribution in [3.8, 4) is 5.75 Å². The fraction of sp³-hybridized carbons (Fsp3) is 0.757. The van der Waals surface area contributed by atoms with E-state index in [2.05, 4.69) is 37.3 Å². The van der Waals surface area contributed by atoms with Gasteiger partial charge in [0.2, 0.25) is 0 Å². The molecule has 0 heterocycles. The Morgan fingerprint density at radius 2 is 1.78 bits per heavy atom. The number of esters is 1. The van der Waals surface area contributed by atoms with Gasteiger partial charge < -0.3 is 14.6 Å². The molecule has 0 spiro atoms. The molecule has 3 aliphatic carbocycles. The van der Waals surface area contributed by atoms with Gasteiger partial charge in [-0.25, -0.2) is 0 Å². The van der Waals surface area contributed by atoms with Gasteiger partial charge in [-0.15, -0.1) is 0 Å². The Balaban J connectivity index is 1.24. The van der Waals surface area contributed by atoms with Crippen molar-refractivity contribution < 1.29 is 41.3 Å². The van der Waals surface area contributed by atoms with Crippen LogP contribution < -0.4 is 4.74 Å². The summed E-state index contributed by atoms with van der Waals surface area (Å²) in [5.41, 5.74) is 2.88. The summed E-state index contributed by atoms with van der Waals surface area (Å²) in [4.78, 5) is 12.3. The number of hydrogen-bond donors (Lipinski definition) is 1. The smallest absolute Gasteiger partial charge is 0.453 e.